The predicted octanol–water partition coefficient (Wildman–Crippen LogP) is 4.47. The summed E-state index contributed by atoms with van der Waals surface area (Å²) >= 11 is 7.34. The van der Waals surface area contributed by atoms with Gasteiger partial charge in [0.25, 0.3) is 0 Å². The Balaban J connectivity index is 2.97. The molecule has 1 rings (SSSR count). The van der Waals surface area contributed by atoms with Crippen LogP contribution in [0.5, 0.6) is 0 Å². The summed E-state index contributed by atoms with van der Waals surface area (Å²) < 4.78 is 13.1. The first-order valence-electron chi connectivity index (χ1n) is 5.37. The predicted molar refractivity (Wildman–Crippen MR) is 79.7 cm³/mol. The third kappa shape index (κ3) is 4.82. The maximum Gasteiger partial charge on any atom is 0.141 e. The highest BCUT2D eigenvalue weighted by Gasteiger charge is 2.13. The van der Waals surface area contributed by atoms with Gasteiger partial charge in [0.2, 0.25) is 0 Å². The highest BCUT2D eigenvalue weighted by atomic mass is 35.5. The van der Waals surface area contributed by atoms with Crippen molar-refractivity contribution in [2.24, 2.45) is 4.99 Å². The lowest BCUT2D eigenvalue weighted by molar-refractivity contribution is 0.628. The molecule has 0 aromatic heterocycles. The smallest absolute Gasteiger partial charge is 0.141 e. The number of benzene rings is 1. The molecule has 0 aliphatic heterocycles. The molecule has 0 unspecified atom stereocenters. The van der Waals surface area contributed by atoms with Gasteiger partial charge in [0.1, 0.15) is 5.82 Å². The van der Waals surface area contributed by atoms with Gasteiger partial charge in [0.15, 0.2) is 0 Å². The fraction of sp³-hybridized carbons (Fsp3) is 0.417. The molecule has 5 heteroatoms. The van der Waals surface area contributed by atoms with Crippen molar-refractivity contribution in [2.75, 3.05) is 12.4 Å². The molecule has 0 saturated heterocycles. The Bertz CT molecular complexity index is 429. The summed E-state index contributed by atoms with van der Waals surface area (Å²) in [6.07, 6.45) is 2.85. The Morgan fingerprint density at radius 2 is 2.06 bits per heavy atom. The van der Waals surface area contributed by atoms with E-state index < -0.39 is 8.07 Å². The van der Waals surface area contributed by atoms with E-state index in [2.05, 4.69) is 24.6 Å². The number of aliphatic imine (C=N–C) groups is 1. The van der Waals surface area contributed by atoms with Crippen LogP contribution in [-0.4, -0.2) is 25.5 Å². The van der Waals surface area contributed by atoms with Crippen LogP contribution in [-0.2, 0) is 0 Å². The summed E-state index contributed by atoms with van der Waals surface area (Å²) in [5.74, 6) is -0.388. The SMILES string of the molecule is CS/C(=N\C[Si](C)(C)C)c1ccc(F)c(Cl)c1. The molecule has 1 aromatic rings. The minimum Gasteiger partial charge on any atom is -0.281 e. The first-order valence-corrected chi connectivity index (χ1v) is 10.7. The van der Waals surface area contributed by atoms with Crippen LogP contribution in [0, 0.1) is 5.82 Å². The molecule has 0 radical (unpaired) electrons. The number of nitrogens with zero attached hydrogens (tertiary/aromatic N) is 1. The van der Waals surface area contributed by atoms with Gasteiger partial charge in [-0.2, -0.15) is 0 Å². The Hall–Kier alpha value is -0.323. The second-order valence-electron chi connectivity index (χ2n) is 5.02. The molecule has 0 aliphatic carbocycles. The van der Waals surface area contributed by atoms with E-state index in [4.69, 9.17) is 11.6 Å². The first-order chi connectivity index (χ1) is 7.83. The zero-order chi connectivity index (χ0) is 13.1. The molecule has 1 aromatic carbocycles. The number of hydrogen-bond donors (Lipinski definition) is 0. The summed E-state index contributed by atoms with van der Waals surface area (Å²) in [5.41, 5.74) is 0.891. The van der Waals surface area contributed by atoms with Crippen molar-refractivity contribution < 1.29 is 4.39 Å². The van der Waals surface area contributed by atoms with Gasteiger partial charge in [-0.05, 0) is 24.5 Å². The normalized spacial score (nSPS) is 12.9. The molecular weight excluding hydrogens is 273 g/mol. The van der Waals surface area contributed by atoms with Crippen molar-refractivity contribution in [3.05, 3.63) is 34.6 Å². The largest absolute Gasteiger partial charge is 0.281 e. The van der Waals surface area contributed by atoms with Gasteiger partial charge in [-0.25, -0.2) is 4.39 Å². The fourth-order valence-corrected chi connectivity index (χ4v) is 2.70. The van der Waals surface area contributed by atoms with Gasteiger partial charge in [-0.1, -0.05) is 31.2 Å². The first kappa shape index (κ1) is 14.7. The van der Waals surface area contributed by atoms with Crippen molar-refractivity contribution in [3.8, 4) is 0 Å². The molecule has 0 fully saturated rings. The van der Waals surface area contributed by atoms with Crippen LogP contribution >= 0.6 is 23.4 Å². The third-order valence-electron chi connectivity index (χ3n) is 2.06. The number of halogens is 2. The standard InChI is InChI=1S/C12H17ClFNSSi/c1-16-12(15-8-17(2,3)4)9-5-6-11(14)10(13)7-9/h5-7H,8H2,1-4H3/b15-12-. The van der Waals surface area contributed by atoms with Crippen LogP contribution in [0.4, 0.5) is 4.39 Å². The van der Waals surface area contributed by atoms with Crippen molar-refractivity contribution in [1.82, 2.24) is 0 Å². The van der Waals surface area contributed by atoms with Gasteiger partial charge in [0.05, 0.1) is 18.1 Å². The molecule has 0 saturated carbocycles. The summed E-state index contributed by atoms with van der Waals surface area (Å²) in [6.45, 7) is 6.81. The molecule has 0 heterocycles. The zero-order valence-electron chi connectivity index (χ0n) is 10.6. The van der Waals surface area contributed by atoms with Crippen molar-refractivity contribution in [2.45, 2.75) is 19.6 Å². The summed E-state index contributed by atoms with van der Waals surface area (Å²) in [5, 5.41) is 1.08. The van der Waals surface area contributed by atoms with E-state index in [0.29, 0.717) is 0 Å². The van der Waals surface area contributed by atoms with E-state index in [1.165, 1.54) is 6.07 Å². The molecule has 94 valence electrons. The van der Waals surface area contributed by atoms with Gasteiger partial charge < -0.3 is 0 Å². The molecule has 0 atom stereocenters. The van der Waals surface area contributed by atoms with Crippen molar-refractivity contribution in [3.63, 3.8) is 0 Å². The second-order valence-corrected chi connectivity index (χ2v) is 11.7. The Kier molecular flexibility index (Phi) is 5.22. The van der Waals surface area contributed by atoms with E-state index >= 15 is 0 Å². The van der Waals surface area contributed by atoms with Crippen LogP contribution in [0.3, 0.4) is 0 Å². The van der Waals surface area contributed by atoms with Crippen LogP contribution < -0.4 is 0 Å². The summed E-state index contributed by atoms with van der Waals surface area (Å²) in [7, 11) is -1.20. The molecule has 0 bridgehead atoms. The Labute approximate surface area is 112 Å². The molecule has 0 spiro atoms. The fourth-order valence-electron chi connectivity index (χ4n) is 1.21. The van der Waals surface area contributed by atoms with Crippen molar-refractivity contribution >= 4 is 36.5 Å². The minimum atomic E-state index is -1.20. The third-order valence-corrected chi connectivity index (χ3v) is 4.20. The number of hydrogen-bond acceptors (Lipinski definition) is 2. The maximum atomic E-state index is 13.1. The average Bonchev–Trinajstić information content (AvgIpc) is 2.22. The van der Waals surface area contributed by atoms with E-state index in [9.17, 15) is 4.39 Å². The molecule has 1 nitrogen and oxygen atoms in total. The molecular formula is C12H17ClFNSSi. The molecule has 0 N–H and O–H groups in total. The lowest BCUT2D eigenvalue weighted by atomic mass is 10.2. The highest BCUT2D eigenvalue weighted by Crippen LogP contribution is 2.20. The zero-order valence-corrected chi connectivity index (χ0v) is 13.1. The summed E-state index contributed by atoms with van der Waals surface area (Å²) in [4.78, 5) is 4.61. The van der Waals surface area contributed by atoms with Gasteiger partial charge in [-0.15, -0.1) is 11.8 Å². The minimum absolute atomic E-state index is 0.150. The topological polar surface area (TPSA) is 12.4 Å². The van der Waals surface area contributed by atoms with E-state index in [-0.39, 0.29) is 10.8 Å². The molecule has 0 amide bonds. The van der Waals surface area contributed by atoms with Crippen LogP contribution in [0.25, 0.3) is 0 Å². The second kappa shape index (κ2) is 6.02. The molecule has 0 aliphatic rings. The lowest BCUT2D eigenvalue weighted by Crippen LogP contribution is -2.25. The number of rotatable bonds is 3. The summed E-state index contributed by atoms with van der Waals surface area (Å²) in [6, 6.07) is 4.75. The van der Waals surface area contributed by atoms with Crippen LogP contribution in [0.15, 0.2) is 23.2 Å². The van der Waals surface area contributed by atoms with E-state index in [1.54, 1.807) is 23.9 Å². The Morgan fingerprint density at radius 3 is 2.53 bits per heavy atom. The number of thioether (sulfide) groups is 1. The quantitative estimate of drug-likeness (QED) is 0.454. The molecule has 17 heavy (non-hydrogen) atoms. The van der Waals surface area contributed by atoms with E-state index in [0.717, 1.165) is 16.8 Å². The van der Waals surface area contributed by atoms with Crippen LogP contribution in [0.1, 0.15) is 5.56 Å². The monoisotopic (exact) mass is 289 g/mol. The van der Waals surface area contributed by atoms with E-state index in [1.807, 2.05) is 6.26 Å². The van der Waals surface area contributed by atoms with Gasteiger partial charge >= 0.3 is 0 Å². The maximum absolute atomic E-state index is 13.1. The average molecular weight is 290 g/mol. The van der Waals surface area contributed by atoms with Crippen LogP contribution in [0.2, 0.25) is 24.7 Å². The van der Waals surface area contributed by atoms with Crippen molar-refractivity contribution in [1.29, 1.82) is 0 Å². The van der Waals surface area contributed by atoms with Gasteiger partial charge in [0, 0.05) is 11.7 Å². The van der Waals surface area contributed by atoms with Gasteiger partial charge in [-0.3, -0.25) is 4.99 Å². The Morgan fingerprint density at radius 1 is 1.41 bits per heavy atom. The lowest BCUT2D eigenvalue weighted by Gasteiger charge is -2.13. The highest BCUT2D eigenvalue weighted by molar-refractivity contribution is 8.13.